The van der Waals surface area contributed by atoms with Gasteiger partial charge in [0, 0.05) is 19.8 Å². The summed E-state index contributed by atoms with van der Waals surface area (Å²) in [6.45, 7) is 5.42. The highest BCUT2D eigenvalue weighted by molar-refractivity contribution is 5.18. The van der Waals surface area contributed by atoms with E-state index < -0.39 is 0 Å². The summed E-state index contributed by atoms with van der Waals surface area (Å²) in [6, 6.07) is 11.2. The molecule has 0 radical (unpaired) electrons. The minimum Gasteiger partial charge on any atom is -0.382 e. The third-order valence-electron chi connectivity index (χ3n) is 3.59. The van der Waals surface area contributed by atoms with Gasteiger partial charge in [0.05, 0.1) is 13.2 Å². The molecule has 0 bridgehead atoms. The average Bonchev–Trinajstić information content (AvgIpc) is 2.53. The zero-order valence-corrected chi connectivity index (χ0v) is 13.6. The Morgan fingerprint density at radius 1 is 1.00 bits per heavy atom. The Hall–Kier alpha value is -0.900. The molecule has 0 heterocycles. The maximum absolute atomic E-state index is 5.50. The van der Waals surface area contributed by atoms with E-state index >= 15 is 0 Å². The summed E-state index contributed by atoms with van der Waals surface area (Å²) in [6.07, 6.45) is 6.12. The van der Waals surface area contributed by atoms with Gasteiger partial charge in [-0.2, -0.15) is 0 Å². The summed E-state index contributed by atoms with van der Waals surface area (Å²) in [5, 5.41) is 3.67. The fourth-order valence-electron chi connectivity index (χ4n) is 2.37. The predicted molar refractivity (Wildman–Crippen MR) is 88.6 cm³/mol. The van der Waals surface area contributed by atoms with E-state index in [-0.39, 0.29) is 0 Å². The van der Waals surface area contributed by atoms with Crippen molar-refractivity contribution < 1.29 is 9.47 Å². The van der Waals surface area contributed by atoms with Crippen LogP contribution in [-0.4, -0.2) is 33.5 Å². The van der Waals surface area contributed by atoms with Gasteiger partial charge in [0.2, 0.25) is 0 Å². The van der Waals surface area contributed by atoms with Crippen LogP contribution in [0.15, 0.2) is 30.3 Å². The highest BCUT2D eigenvalue weighted by atomic mass is 16.5. The number of nitrogens with one attached hydrogen (secondary N) is 1. The molecule has 120 valence electrons. The van der Waals surface area contributed by atoms with Crippen molar-refractivity contribution in [2.75, 3.05) is 33.5 Å². The lowest BCUT2D eigenvalue weighted by molar-refractivity contribution is 0.0692. The Labute approximate surface area is 130 Å². The van der Waals surface area contributed by atoms with Gasteiger partial charge < -0.3 is 14.8 Å². The van der Waals surface area contributed by atoms with Crippen LogP contribution in [0.5, 0.6) is 0 Å². The van der Waals surface area contributed by atoms with Gasteiger partial charge in [0.1, 0.15) is 0 Å². The Morgan fingerprint density at radius 3 is 2.52 bits per heavy atom. The number of hydrogen-bond acceptors (Lipinski definition) is 3. The van der Waals surface area contributed by atoms with Gasteiger partial charge in [-0.15, -0.1) is 0 Å². The first kappa shape index (κ1) is 18.1. The zero-order valence-electron chi connectivity index (χ0n) is 13.6. The van der Waals surface area contributed by atoms with Gasteiger partial charge in [-0.25, -0.2) is 0 Å². The van der Waals surface area contributed by atoms with Crippen molar-refractivity contribution in [2.24, 2.45) is 0 Å². The second-order valence-electron chi connectivity index (χ2n) is 5.37. The zero-order chi connectivity index (χ0) is 15.2. The fourth-order valence-corrected chi connectivity index (χ4v) is 2.37. The monoisotopic (exact) mass is 293 g/mol. The van der Waals surface area contributed by atoms with E-state index in [2.05, 4.69) is 42.6 Å². The van der Waals surface area contributed by atoms with Crippen LogP contribution in [-0.2, 0) is 9.47 Å². The molecule has 3 heteroatoms. The van der Waals surface area contributed by atoms with E-state index in [0.717, 1.165) is 19.6 Å². The van der Waals surface area contributed by atoms with E-state index in [1.165, 1.54) is 31.2 Å². The van der Waals surface area contributed by atoms with E-state index in [4.69, 9.17) is 9.47 Å². The van der Waals surface area contributed by atoms with Crippen molar-refractivity contribution in [3.63, 3.8) is 0 Å². The highest BCUT2D eigenvalue weighted by Gasteiger charge is 2.09. The normalized spacial score (nSPS) is 12.5. The second-order valence-corrected chi connectivity index (χ2v) is 5.37. The van der Waals surface area contributed by atoms with Crippen LogP contribution in [0.4, 0.5) is 0 Å². The smallest absolute Gasteiger partial charge is 0.0700 e. The molecule has 1 unspecified atom stereocenters. The van der Waals surface area contributed by atoms with Crippen LogP contribution < -0.4 is 5.32 Å². The van der Waals surface area contributed by atoms with Crippen molar-refractivity contribution >= 4 is 0 Å². The van der Waals surface area contributed by atoms with Crippen molar-refractivity contribution in [3.05, 3.63) is 35.9 Å². The molecular weight excluding hydrogens is 262 g/mol. The lowest BCUT2D eigenvalue weighted by Crippen LogP contribution is -2.23. The van der Waals surface area contributed by atoms with Gasteiger partial charge in [-0.3, -0.25) is 0 Å². The van der Waals surface area contributed by atoms with Gasteiger partial charge in [0.15, 0.2) is 0 Å². The van der Waals surface area contributed by atoms with Crippen molar-refractivity contribution in [1.82, 2.24) is 5.32 Å². The predicted octanol–water partition coefficient (Wildman–Crippen LogP) is 3.95. The summed E-state index contributed by atoms with van der Waals surface area (Å²) in [5.74, 6) is 0. The third-order valence-corrected chi connectivity index (χ3v) is 3.59. The molecule has 0 aromatic heterocycles. The lowest BCUT2D eigenvalue weighted by atomic mass is 10.0. The Kier molecular flexibility index (Phi) is 11.1. The van der Waals surface area contributed by atoms with Crippen molar-refractivity contribution in [1.29, 1.82) is 0 Å². The topological polar surface area (TPSA) is 30.5 Å². The van der Waals surface area contributed by atoms with E-state index in [1.54, 1.807) is 7.11 Å². The molecule has 0 aliphatic rings. The Bertz CT molecular complexity index is 329. The molecule has 0 spiro atoms. The number of unbranched alkanes of at least 4 members (excludes halogenated alkanes) is 2. The van der Waals surface area contributed by atoms with E-state index in [0.29, 0.717) is 19.3 Å². The largest absolute Gasteiger partial charge is 0.382 e. The quantitative estimate of drug-likeness (QED) is 0.559. The minimum absolute atomic E-state index is 0.469. The van der Waals surface area contributed by atoms with Crippen molar-refractivity contribution in [3.8, 4) is 0 Å². The number of ether oxygens (including phenoxy) is 2. The number of hydrogen-bond donors (Lipinski definition) is 1. The summed E-state index contributed by atoms with van der Waals surface area (Å²) >= 11 is 0. The summed E-state index contributed by atoms with van der Waals surface area (Å²) in [4.78, 5) is 0. The molecule has 1 rings (SSSR count). The Balaban J connectivity index is 2.26. The number of rotatable bonds is 13. The summed E-state index contributed by atoms with van der Waals surface area (Å²) < 4.78 is 10.5. The van der Waals surface area contributed by atoms with Crippen LogP contribution in [0.25, 0.3) is 0 Å². The highest BCUT2D eigenvalue weighted by Crippen LogP contribution is 2.19. The van der Waals surface area contributed by atoms with Gasteiger partial charge in [0.25, 0.3) is 0 Å². The van der Waals surface area contributed by atoms with Gasteiger partial charge in [-0.05, 0) is 24.9 Å². The van der Waals surface area contributed by atoms with Gasteiger partial charge >= 0.3 is 0 Å². The molecule has 3 nitrogen and oxygen atoms in total. The molecule has 1 aromatic rings. The molecule has 1 atom stereocenters. The van der Waals surface area contributed by atoms with Crippen LogP contribution >= 0.6 is 0 Å². The molecule has 0 aliphatic heterocycles. The number of benzene rings is 1. The van der Waals surface area contributed by atoms with Crippen LogP contribution in [0.3, 0.4) is 0 Å². The summed E-state index contributed by atoms with van der Waals surface area (Å²) in [7, 11) is 1.70. The molecule has 0 amide bonds. The first-order chi connectivity index (χ1) is 10.4. The second kappa shape index (κ2) is 12.8. The SMILES string of the molecule is CCCCCC(NCCCOCCOC)c1ccccc1. The third kappa shape index (κ3) is 8.86. The molecule has 0 aliphatic carbocycles. The van der Waals surface area contributed by atoms with Gasteiger partial charge in [-0.1, -0.05) is 56.5 Å². The average molecular weight is 293 g/mol. The molecule has 21 heavy (non-hydrogen) atoms. The van der Waals surface area contributed by atoms with Crippen LogP contribution in [0.1, 0.15) is 50.6 Å². The van der Waals surface area contributed by atoms with E-state index in [9.17, 15) is 0 Å². The number of methoxy groups -OCH3 is 1. The Morgan fingerprint density at radius 2 is 1.81 bits per heavy atom. The summed E-state index contributed by atoms with van der Waals surface area (Å²) in [5.41, 5.74) is 1.40. The molecule has 0 saturated carbocycles. The van der Waals surface area contributed by atoms with Crippen molar-refractivity contribution in [2.45, 2.75) is 45.1 Å². The first-order valence-corrected chi connectivity index (χ1v) is 8.23. The molecule has 1 N–H and O–H groups in total. The van der Waals surface area contributed by atoms with Crippen LogP contribution in [0, 0.1) is 0 Å². The minimum atomic E-state index is 0.469. The molecular formula is C18H31NO2. The van der Waals surface area contributed by atoms with E-state index in [1.807, 2.05) is 0 Å². The standard InChI is InChI=1S/C18H31NO2/c1-3-4-6-12-18(17-10-7-5-8-11-17)19-13-9-14-21-16-15-20-2/h5,7-8,10-11,18-19H,3-4,6,9,12-16H2,1-2H3. The van der Waals surface area contributed by atoms with Crippen LogP contribution in [0.2, 0.25) is 0 Å². The molecule has 0 fully saturated rings. The maximum Gasteiger partial charge on any atom is 0.0700 e. The molecule has 1 aromatic carbocycles. The molecule has 0 saturated heterocycles. The fraction of sp³-hybridized carbons (Fsp3) is 0.667. The lowest BCUT2D eigenvalue weighted by Gasteiger charge is -2.19. The maximum atomic E-state index is 5.50. The first-order valence-electron chi connectivity index (χ1n) is 8.23.